The van der Waals surface area contributed by atoms with Gasteiger partial charge < -0.3 is 27.9 Å². The van der Waals surface area contributed by atoms with Crippen molar-refractivity contribution in [3.8, 4) is 0 Å². The van der Waals surface area contributed by atoms with Crippen molar-refractivity contribution in [2.45, 2.75) is 193 Å². The van der Waals surface area contributed by atoms with Crippen LogP contribution in [0.1, 0.15) is 187 Å². The fourth-order valence-electron chi connectivity index (χ4n) is 5.96. The zero-order valence-electron chi connectivity index (χ0n) is 36.1. The molecule has 10 heteroatoms. The number of phosphoric acid groups is 1. The van der Waals surface area contributed by atoms with E-state index in [-0.39, 0.29) is 32.0 Å². The third-order valence-corrected chi connectivity index (χ3v) is 10.4. The molecule has 0 aliphatic carbocycles. The first-order valence-corrected chi connectivity index (χ1v) is 23.7. The Bertz CT molecular complexity index is 1040. The predicted molar refractivity (Wildman–Crippen MR) is 227 cm³/mol. The van der Waals surface area contributed by atoms with Crippen molar-refractivity contribution in [3.05, 3.63) is 36.5 Å². The summed E-state index contributed by atoms with van der Waals surface area (Å²) >= 11 is 0. The zero-order valence-corrected chi connectivity index (χ0v) is 37.0. The van der Waals surface area contributed by atoms with E-state index >= 15 is 0 Å². The smallest absolute Gasteiger partial charge is 0.306 e. The zero-order chi connectivity index (χ0) is 40.7. The molecule has 0 rings (SSSR count). The van der Waals surface area contributed by atoms with Crippen LogP contribution in [-0.2, 0) is 32.7 Å². The molecule has 0 saturated carbocycles. The average molecular weight is 798 g/mol. The highest BCUT2D eigenvalue weighted by Crippen LogP contribution is 2.38. The normalized spacial score (nSPS) is 13.9. The number of hydrogen-bond donors (Lipinski definition) is 0. The van der Waals surface area contributed by atoms with Gasteiger partial charge in [0.25, 0.3) is 7.82 Å². The summed E-state index contributed by atoms with van der Waals surface area (Å²) < 4.78 is 33.9. The van der Waals surface area contributed by atoms with Gasteiger partial charge in [0.05, 0.1) is 27.7 Å². The SMILES string of the molecule is CC/C=C/C/C=C/C/C=C/CCCCCCCC(=O)O[C@H](COC(=O)CCCCCCCCCCCCCCCCCC)COP(=O)([O-])OCC[N+](C)(C)C. The van der Waals surface area contributed by atoms with Crippen LogP contribution in [0.3, 0.4) is 0 Å². The van der Waals surface area contributed by atoms with Crippen molar-refractivity contribution in [1.82, 2.24) is 0 Å². The Kier molecular flexibility index (Phi) is 36.6. The molecule has 0 aromatic rings. The van der Waals surface area contributed by atoms with Gasteiger partial charge in [-0.25, -0.2) is 0 Å². The fourth-order valence-corrected chi connectivity index (χ4v) is 6.69. The molecular weight excluding hydrogens is 713 g/mol. The van der Waals surface area contributed by atoms with Crippen LogP contribution in [0.25, 0.3) is 0 Å². The summed E-state index contributed by atoms with van der Waals surface area (Å²) in [4.78, 5) is 37.5. The Labute approximate surface area is 338 Å². The predicted octanol–water partition coefficient (Wildman–Crippen LogP) is 11.9. The summed E-state index contributed by atoms with van der Waals surface area (Å²) in [6.07, 6.45) is 41.7. The summed E-state index contributed by atoms with van der Waals surface area (Å²) in [6.45, 7) is 4.10. The maximum Gasteiger partial charge on any atom is 0.306 e. The largest absolute Gasteiger partial charge is 0.756 e. The van der Waals surface area contributed by atoms with Gasteiger partial charge in [0.15, 0.2) is 6.10 Å². The summed E-state index contributed by atoms with van der Waals surface area (Å²) in [6, 6.07) is 0. The third kappa shape index (κ3) is 41.7. The van der Waals surface area contributed by atoms with Crippen molar-refractivity contribution in [2.24, 2.45) is 0 Å². The van der Waals surface area contributed by atoms with Gasteiger partial charge in [-0.2, -0.15) is 0 Å². The van der Waals surface area contributed by atoms with E-state index < -0.39 is 26.5 Å². The highest BCUT2D eigenvalue weighted by atomic mass is 31.2. The molecule has 2 atom stereocenters. The van der Waals surface area contributed by atoms with Gasteiger partial charge in [-0.1, -0.05) is 166 Å². The molecule has 0 saturated heterocycles. The van der Waals surface area contributed by atoms with Crippen LogP contribution >= 0.6 is 7.82 Å². The Morgan fingerprint density at radius 1 is 0.582 bits per heavy atom. The molecule has 0 radical (unpaired) electrons. The van der Waals surface area contributed by atoms with Gasteiger partial charge >= 0.3 is 11.9 Å². The van der Waals surface area contributed by atoms with Crippen molar-refractivity contribution in [1.29, 1.82) is 0 Å². The number of nitrogens with zero attached hydrogens (tertiary/aromatic N) is 1. The minimum atomic E-state index is -4.63. The second-order valence-electron chi connectivity index (χ2n) is 16.0. The standard InChI is InChI=1S/C45H84NO8P/c1-6-8-10-12-14-16-18-20-22-24-25-27-29-31-33-35-37-44(47)51-41-43(42-53-55(49,50)52-40-39-46(3,4)5)54-45(48)38-36-34-32-30-28-26-23-21-19-17-15-13-11-9-7-2/h9,11,15,17,21,23,43H,6-8,10,12-14,16,18-20,22,24-42H2,1-5H3/b11-9+,17-15+,23-21+/t43-/m1/s1. The molecule has 9 nitrogen and oxygen atoms in total. The highest BCUT2D eigenvalue weighted by Gasteiger charge is 2.21. The first-order chi connectivity index (χ1) is 26.5. The average Bonchev–Trinajstić information content (AvgIpc) is 3.13. The maximum absolute atomic E-state index is 12.7. The molecule has 0 aliphatic rings. The monoisotopic (exact) mass is 798 g/mol. The number of unbranched alkanes of at least 4 members (excludes halogenated alkanes) is 20. The van der Waals surface area contributed by atoms with Crippen LogP contribution < -0.4 is 4.89 Å². The Morgan fingerprint density at radius 2 is 1.04 bits per heavy atom. The van der Waals surface area contributed by atoms with Crippen LogP contribution in [-0.4, -0.2) is 70.0 Å². The number of carbonyl (C=O) groups excluding carboxylic acids is 2. The lowest BCUT2D eigenvalue weighted by Gasteiger charge is -2.28. The minimum Gasteiger partial charge on any atom is -0.756 e. The Balaban J connectivity index is 4.36. The molecule has 55 heavy (non-hydrogen) atoms. The maximum atomic E-state index is 12.7. The number of likely N-dealkylation sites (N-methyl/N-ethyl adjacent to an activating group) is 1. The molecule has 0 bridgehead atoms. The van der Waals surface area contributed by atoms with E-state index in [9.17, 15) is 19.0 Å². The molecule has 0 fully saturated rings. The molecule has 1 unspecified atom stereocenters. The summed E-state index contributed by atoms with van der Waals surface area (Å²) in [5, 5.41) is 0. The molecule has 322 valence electrons. The summed E-state index contributed by atoms with van der Waals surface area (Å²) in [5.41, 5.74) is 0. The second-order valence-corrected chi connectivity index (χ2v) is 17.4. The number of hydrogen-bond acceptors (Lipinski definition) is 8. The van der Waals surface area contributed by atoms with Crippen LogP contribution in [0.5, 0.6) is 0 Å². The first-order valence-electron chi connectivity index (χ1n) is 22.2. The van der Waals surface area contributed by atoms with Crippen LogP contribution in [0.4, 0.5) is 0 Å². The molecule has 0 N–H and O–H groups in total. The van der Waals surface area contributed by atoms with Gasteiger partial charge in [-0.3, -0.25) is 14.2 Å². The lowest BCUT2D eigenvalue weighted by molar-refractivity contribution is -0.870. The number of quaternary nitrogens is 1. The van der Waals surface area contributed by atoms with Crippen LogP contribution in [0.2, 0.25) is 0 Å². The number of carbonyl (C=O) groups is 2. The summed E-state index contributed by atoms with van der Waals surface area (Å²) in [5.74, 6) is -0.850. The topological polar surface area (TPSA) is 111 Å². The molecule has 0 aromatic heterocycles. The molecule has 0 heterocycles. The van der Waals surface area contributed by atoms with Gasteiger partial charge in [-0.05, 0) is 44.9 Å². The molecule has 0 aliphatic heterocycles. The van der Waals surface area contributed by atoms with Gasteiger partial charge in [0, 0.05) is 12.8 Å². The van der Waals surface area contributed by atoms with Crippen LogP contribution in [0.15, 0.2) is 36.5 Å². The van der Waals surface area contributed by atoms with E-state index in [1.807, 2.05) is 21.1 Å². The molecular formula is C45H84NO8P. The van der Waals surface area contributed by atoms with Crippen molar-refractivity contribution in [2.75, 3.05) is 47.5 Å². The quantitative estimate of drug-likeness (QED) is 0.0198. The molecule has 0 spiro atoms. The number of ether oxygens (including phenoxy) is 2. The second kappa shape index (κ2) is 37.8. The first kappa shape index (κ1) is 53.2. The molecule has 0 amide bonds. The Hall–Kier alpha value is -1.77. The van der Waals surface area contributed by atoms with Gasteiger partial charge in [0.2, 0.25) is 0 Å². The fraction of sp³-hybridized carbons (Fsp3) is 0.822. The third-order valence-electron chi connectivity index (χ3n) is 9.42. The van der Waals surface area contributed by atoms with Crippen molar-refractivity contribution in [3.63, 3.8) is 0 Å². The van der Waals surface area contributed by atoms with Crippen molar-refractivity contribution < 1.29 is 42.1 Å². The van der Waals surface area contributed by atoms with E-state index in [0.29, 0.717) is 17.4 Å². The number of phosphoric ester groups is 1. The van der Waals surface area contributed by atoms with E-state index in [2.05, 4.69) is 50.3 Å². The number of allylic oxidation sites excluding steroid dienone is 6. The van der Waals surface area contributed by atoms with Gasteiger partial charge in [0.1, 0.15) is 19.8 Å². The minimum absolute atomic E-state index is 0.0339. The highest BCUT2D eigenvalue weighted by molar-refractivity contribution is 7.45. The number of esters is 2. The lowest BCUT2D eigenvalue weighted by Crippen LogP contribution is -2.37. The molecule has 0 aromatic carbocycles. The van der Waals surface area contributed by atoms with E-state index in [4.69, 9.17) is 18.5 Å². The van der Waals surface area contributed by atoms with E-state index in [1.165, 1.54) is 83.5 Å². The lowest BCUT2D eigenvalue weighted by atomic mass is 10.0. The number of rotatable bonds is 40. The van der Waals surface area contributed by atoms with Gasteiger partial charge in [-0.15, -0.1) is 0 Å². The van der Waals surface area contributed by atoms with E-state index in [1.54, 1.807) is 0 Å². The van der Waals surface area contributed by atoms with E-state index in [0.717, 1.165) is 70.6 Å². The van der Waals surface area contributed by atoms with Crippen molar-refractivity contribution >= 4 is 19.8 Å². The van der Waals surface area contributed by atoms with Crippen LogP contribution in [0, 0.1) is 0 Å². The summed E-state index contributed by atoms with van der Waals surface area (Å²) in [7, 11) is 1.15. The Morgan fingerprint density at radius 3 is 1.55 bits per heavy atom.